The number of aryl methyl sites for hydroxylation is 1. The van der Waals surface area contributed by atoms with Crippen LogP contribution in [0, 0.1) is 0 Å². The zero-order valence-corrected chi connectivity index (χ0v) is 6.80. The van der Waals surface area contributed by atoms with Gasteiger partial charge in [0.1, 0.15) is 0 Å². The number of benzene rings is 1. The van der Waals surface area contributed by atoms with Gasteiger partial charge in [-0.2, -0.15) is 0 Å². The first-order chi connectivity index (χ1) is 5.27. The van der Waals surface area contributed by atoms with E-state index >= 15 is 0 Å². The first-order valence-corrected chi connectivity index (χ1v) is 3.85. The molecule has 11 heavy (non-hydrogen) atoms. The summed E-state index contributed by atoms with van der Waals surface area (Å²) in [6.07, 6.45) is 1.02. The van der Waals surface area contributed by atoms with Gasteiger partial charge in [0.25, 0.3) is 0 Å². The summed E-state index contributed by atoms with van der Waals surface area (Å²) in [6, 6.07) is 6.05. The summed E-state index contributed by atoms with van der Waals surface area (Å²) in [4.78, 5) is 0. The van der Waals surface area contributed by atoms with E-state index in [2.05, 4.69) is 13.0 Å². The number of hydrogen-bond acceptors (Lipinski definition) is 2. The maximum atomic E-state index is 5.73. The van der Waals surface area contributed by atoms with Crippen LogP contribution in [0.15, 0.2) is 18.2 Å². The van der Waals surface area contributed by atoms with Crippen LogP contribution in [-0.2, 0) is 13.0 Å². The second-order valence-corrected chi connectivity index (χ2v) is 2.59. The molecule has 1 aromatic rings. The van der Waals surface area contributed by atoms with E-state index in [1.807, 2.05) is 12.1 Å². The maximum absolute atomic E-state index is 5.73. The maximum Gasteiger partial charge on any atom is 0.0362 e. The molecule has 0 aliphatic carbocycles. The van der Waals surface area contributed by atoms with Crippen molar-refractivity contribution in [1.29, 1.82) is 0 Å². The fourth-order valence-electron chi connectivity index (χ4n) is 1.05. The summed E-state index contributed by atoms with van der Waals surface area (Å²) < 4.78 is 0. The summed E-state index contributed by atoms with van der Waals surface area (Å²) in [5.41, 5.74) is 14.3. The van der Waals surface area contributed by atoms with Gasteiger partial charge in [0.15, 0.2) is 0 Å². The van der Waals surface area contributed by atoms with Crippen molar-refractivity contribution in [3.05, 3.63) is 29.3 Å². The molecule has 0 aliphatic rings. The zero-order chi connectivity index (χ0) is 8.27. The minimum Gasteiger partial charge on any atom is -0.398 e. The molecule has 0 saturated heterocycles. The number of nitrogens with two attached hydrogens (primary N) is 2. The van der Waals surface area contributed by atoms with Crippen LogP contribution < -0.4 is 11.5 Å². The first kappa shape index (κ1) is 8.08. The highest BCUT2D eigenvalue weighted by molar-refractivity contribution is 5.49. The zero-order valence-electron chi connectivity index (χ0n) is 6.80. The third-order valence-corrected chi connectivity index (χ3v) is 1.84. The van der Waals surface area contributed by atoms with Crippen molar-refractivity contribution in [3.8, 4) is 0 Å². The molecule has 0 radical (unpaired) electrons. The van der Waals surface area contributed by atoms with E-state index in [0.29, 0.717) is 6.54 Å². The van der Waals surface area contributed by atoms with Gasteiger partial charge < -0.3 is 11.5 Å². The van der Waals surface area contributed by atoms with Gasteiger partial charge in [-0.3, -0.25) is 0 Å². The lowest BCUT2D eigenvalue weighted by Crippen LogP contribution is -2.01. The van der Waals surface area contributed by atoms with E-state index in [9.17, 15) is 0 Å². The molecule has 0 saturated carbocycles. The molecule has 0 spiro atoms. The molecule has 60 valence electrons. The summed E-state index contributed by atoms with van der Waals surface area (Å²) in [5, 5.41) is 0. The number of hydrogen-bond donors (Lipinski definition) is 2. The van der Waals surface area contributed by atoms with Gasteiger partial charge in [0.05, 0.1) is 0 Å². The standard InChI is InChI=1S/C9H14N2/c1-2-7-3-4-8(6-10)9(11)5-7/h3-5H,2,6,10-11H2,1H3. The molecule has 0 bridgehead atoms. The lowest BCUT2D eigenvalue weighted by atomic mass is 10.1. The topological polar surface area (TPSA) is 52.0 Å². The first-order valence-electron chi connectivity index (χ1n) is 3.85. The van der Waals surface area contributed by atoms with Crippen LogP contribution in [0.5, 0.6) is 0 Å². The Morgan fingerprint density at radius 2 is 2.09 bits per heavy atom. The Kier molecular flexibility index (Phi) is 2.49. The Labute approximate surface area is 67.2 Å². The molecule has 0 aliphatic heterocycles. The van der Waals surface area contributed by atoms with E-state index in [-0.39, 0.29) is 0 Å². The predicted octanol–water partition coefficient (Wildman–Crippen LogP) is 1.29. The van der Waals surface area contributed by atoms with E-state index in [0.717, 1.165) is 17.7 Å². The van der Waals surface area contributed by atoms with Crippen molar-refractivity contribution in [3.63, 3.8) is 0 Å². The van der Waals surface area contributed by atoms with Gasteiger partial charge in [0.2, 0.25) is 0 Å². The molecule has 0 fully saturated rings. The van der Waals surface area contributed by atoms with Crippen molar-refractivity contribution in [2.45, 2.75) is 19.9 Å². The fraction of sp³-hybridized carbons (Fsp3) is 0.333. The van der Waals surface area contributed by atoms with Gasteiger partial charge >= 0.3 is 0 Å². The van der Waals surface area contributed by atoms with Crippen LogP contribution in [0.25, 0.3) is 0 Å². The third-order valence-electron chi connectivity index (χ3n) is 1.84. The number of nitrogen functional groups attached to an aromatic ring is 1. The van der Waals surface area contributed by atoms with Crippen molar-refractivity contribution < 1.29 is 0 Å². The smallest absolute Gasteiger partial charge is 0.0362 e. The molecule has 0 atom stereocenters. The van der Waals surface area contributed by atoms with Gasteiger partial charge in [-0.15, -0.1) is 0 Å². The molecule has 2 heteroatoms. The molecular weight excluding hydrogens is 136 g/mol. The van der Waals surface area contributed by atoms with Crippen molar-refractivity contribution in [2.24, 2.45) is 5.73 Å². The molecule has 0 unspecified atom stereocenters. The molecule has 0 aromatic heterocycles. The Bertz CT molecular complexity index is 243. The number of anilines is 1. The highest BCUT2D eigenvalue weighted by Crippen LogP contribution is 2.13. The molecule has 0 amide bonds. The average Bonchev–Trinajstić information content (AvgIpc) is 2.04. The lowest BCUT2D eigenvalue weighted by Gasteiger charge is -2.03. The fourth-order valence-corrected chi connectivity index (χ4v) is 1.05. The molecule has 4 N–H and O–H groups in total. The molecule has 1 aromatic carbocycles. The van der Waals surface area contributed by atoms with E-state index in [4.69, 9.17) is 11.5 Å². The predicted molar refractivity (Wildman–Crippen MR) is 48.1 cm³/mol. The van der Waals surface area contributed by atoms with Gasteiger partial charge in [-0.25, -0.2) is 0 Å². The highest BCUT2D eigenvalue weighted by Gasteiger charge is 1.96. The van der Waals surface area contributed by atoms with Crippen LogP contribution in [0.2, 0.25) is 0 Å². The summed E-state index contributed by atoms with van der Waals surface area (Å²) in [6.45, 7) is 2.63. The van der Waals surface area contributed by atoms with Crippen LogP contribution in [0.4, 0.5) is 5.69 Å². The van der Waals surface area contributed by atoms with E-state index in [1.165, 1.54) is 5.56 Å². The average molecular weight is 150 g/mol. The summed E-state index contributed by atoms with van der Waals surface area (Å²) in [5.74, 6) is 0. The number of rotatable bonds is 2. The van der Waals surface area contributed by atoms with E-state index < -0.39 is 0 Å². The van der Waals surface area contributed by atoms with Gasteiger partial charge in [0, 0.05) is 12.2 Å². The van der Waals surface area contributed by atoms with Crippen LogP contribution in [0.1, 0.15) is 18.1 Å². The second kappa shape index (κ2) is 3.39. The van der Waals surface area contributed by atoms with E-state index in [1.54, 1.807) is 0 Å². The molecule has 0 heterocycles. The summed E-state index contributed by atoms with van der Waals surface area (Å²) >= 11 is 0. The summed E-state index contributed by atoms with van der Waals surface area (Å²) in [7, 11) is 0. The third kappa shape index (κ3) is 1.71. The lowest BCUT2D eigenvalue weighted by molar-refractivity contribution is 1.06. The Morgan fingerprint density at radius 3 is 2.55 bits per heavy atom. The molecular formula is C9H14N2. The largest absolute Gasteiger partial charge is 0.398 e. The minimum atomic E-state index is 0.524. The Hall–Kier alpha value is -1.02. The monoisotopic (exact) mass is 150 g/mol. The van der Waals surface area contributed by atoms with Crippen molar-refractivity contribution >= 4 is 5.69 Å². The van der Waals surface area contributed by atoms with Crippen LogP contribution in [-0.4, -0.2) is 0 Å². The van der Waals surface area contributed by atoms with Gasteiger partial charge in [-0.1, -0.05) is 19.1 Å². The SMILES string of the molecule is CCc1ccc(CN)c(N)c1. The molecule has 2 nitrogen and oxygen atoms in total. The Morgan fingerprint density at radius 1 is 1.36 bits per heavy atom. The van der Waals surface area contributed by atoms with Gasteiger partial charge in [-0.05, 0) is 23.6 Å². The highest BCUT2D eigenvalue weighted by atomic mass is 14.6. The minimum absolute atomic E-state index is 0.524. The van der Waals surface area contributed by atoms with Crippen LogP contribution in [0.3, 0.4) is 0 Å². The quantitative estimate of drug-likeness (QED) is 0.624. The van der Waals surface area contributed by atoms with Crippen molar-refractivity contribution in [1.82, 2.24) is 0 Å². The molecule has 1 rings (SSSR count). The Balaban J connectivity index is 2.99. The second-order valence-electron chi connectivity index (χ2n) is 2.59. The van der Waals surface area contributed by atoms with Crippen LogP contribution >= 0.6 is 0 Å². The van der Waals surface area contributed by atoms with Crippen molar-refractivity contribution in [2.75, 3.05) is 5.73 Å². The normalized spacial score (nSPS) is 10.0.